The average Bonchev–Trinajstić information content (AvgIpc) is 2.47. The molecule has 1 fully saturated rings. The molecule has 0 spiro atoms. The van der Waals surface area contributed by atoms with Gasteiger partial charge in [-0.2, -0.15) is 0 Å². The lowest BCUT2D eigenvalue weighted by Crippen LogP contribution is -2.40. The van der Waals surface area contributed by atoms with Gasteiger partial charge < -0.3 is 10.0 Å². The summed E-state index contributed by atoms with van der Waals surface area (Å²) in [6, 6.07) is 1.58. The van der Waals surface area contributed by atoms with E-state index in [1.165, 1.54) is 19.0 Å². The van der Waals surface area contributed by atoms with Crippen LogP contribution in [0.15, 0.2) is 12.3 Å². The van der Waals surface area contributed by atoms with Crippen LogP contribution in [0.3, 0.4) is 0 Å². The van der Waals surface area contributed by atoms with Crippen molar-refractivity contribution in [2.75, 3.05) is 18.0 Å². The summed E-state index contributed by atoms with van der Waals surface area (Å²) in [5.41, 5.74) is 0.568. The average molecular weight is 297 g/mol. The largest absolute Gasteiger partial charge is 0.478 e. The molecule has 2 rings (SSSR count). The third-order valence-electron chi connectivity index (χ3n) is 4.72. The molecule has 0 saturated carbocycles. The number of aromatic nitrogens is 1. The van der Waals surface area contributed by atoms with Crippen LogP contribution in [0.25, 0.3) is 0 Å². The second-order valence-electron chi connectivity index (χ2n) is 5.52. The van der Waals surface area contributed by atoms with E-state index in [1.807, 2.05) is 0 Å². The highest BCUT2D eigenvalue weighted by Crippen LogP contribution is 2.39. The Bertz CT molecular complexity index is 491. The highest BCUT2D eigenvalue weighted by molar-refractivity contribution is 6.33. The minimum Gasteiger partial charge on any atom is -0.478 e. The minimum atomic E-state index is -1.01. The molecule has 0 unspecified atom stereocenters. The van der Waals surface area contributed by atoms with Crippen LogP contribution < -0.4 is 4.90 Å². The third-order valence-corrected chi connectivity index (χ3v) is 5.02. The van der Waals surface area contributed by atoms with Crippen molar-refractivity contribution in [2.24, 2.45) is 5.41 Å². The van der Waals surface area contributed by atoms with Crippen molar-refractivity contribution in [1.29, 1.82) is 0 Å². The molecule has 0 aliphatic carbocycles. The van der Waals surface area contributed by atoms with Gasteiger partial charge >= 0.3 is 5.97 Å². The zero-order valence-corrected chi connectivity index (χ0v) is 12.8. The number of piperidine rings is 1. The molecule has 20 heavy (non-hydrogen) atoms. The Morgan fingerprint density at radius 3 is 2.50 bits per heavy atom. The first-order valence-corrected chi connectivity index (χ1v) is 7.53. The number of anilines is 1. The van der Waals surface area contributed by atoms with Crippen molar-refractivity contribution in [1.82, 2.24) is 4.98 Å². The number of carboxylic acid groups (broad SMARTS) is 1. The molecule has 5 heteroatoms. The normalized spacial score (nSPS) is 18.1. The van der Waals surface area contributed by atoms with Gasteiger partial charge in [-0.15, -0.1) is 0 Å². The van der Waals surface area contributed by atoms with Gasteiger partial charge in [-0.3, -0.25) is 0 Å². The maximum Gasteiger partial charge on any atom is 0.337 e. The van der Waals surface area contributed by atoms with E-state index in [-0.39, 0.29) is 10.6 Å². The number of carboxylic acids is 1. The van der Waals surface area contributed by atoms with Crippen molar-refractivity contribution in [2.45, 2.75) is 39.5 Å². The highest BCUT2D eigenvalue weighted by Gasteiger charge is 2.31. The van der Waals surface area contributed by atoms with Gasteiger partial charge in [-0.1, -0.05) is 38.3 Å². The first-order valence-electron chi connectivity index (χ1n) is 7.15. The molecule has 0 atom stereocenters. The number of hydrogen-bond donors (Lipinski definition) is 1. The van der Waals surface area contributed by atoms with Crippen molar-refractivity contribution in [3.05, 3.63) is 22.8 Å². The molecule has 2 heterocycles. The van der Waals surface area contributed by atoms with Crippen molar-refractivity contribution in [3.8, 4) is 0 Å². The van der Waals surface area contributed by atoms with E-state index in [9.17, 15) is 4.79 Å². The zero-order valence-electron chi connectivity index (χ0n) is 12.0. The van der Waals surface area contributed by atoms with E-state index in [4.69, 9.17) is 16.7 Å². The summed E-state index contributed by atoms with van der Waals surface area (Å²) in [5, 5.41) is 9.31. The molecule has 0 bridgehead atoms. The molecule has 1 aromatic heterocycles. The molecule has 0 aromatic carbocycles. The highest BCUT2D eigenvalue weighted by atomic mass is 35.5. The predicted octanol–water partition coefficient (Wildman–Crippen LogP) is 3.84. The molecule has 1 N–H and O–H groups in total. The van der Waals surface area contributed by atoms with Crippen molar-refractivity contribution >= 4 is 23.4 Å². The summed E-state index contributed by atoms with van der Waals surface area (Å²) in [6.45, 7) is 6.36. The van der Waals surface area contributed by atoms with Gasteiger partial charge in [0, 0.05) is 19.3 Å². The fourth-order valence-electron chi connectivity index (χ4n) is 2.93. The Hall–Kier alpha value is -1.29. The minimum absolute atomic E-state index is 0.125. The molecule has 0 amide bonds. The number of pyridine rings is 1. The Kier molecular flexibility index (Phi) is 4.53. The third kappa shape index (κ3) is 2.90. The Labute approximate surface area is 124 Å². The maximum atomic E-state index is 11.1. The van der Waals surface area contributed by atoms with Crippen molar-refractivity contribution in [3.63, 3.8) is 0 Å². The SMILES string of the molecule is CCC1(CC)CCN(c2cc(C(=O)O)c(Cl)cn2)CC1. The van der Waals surface area contributed by atoms with E-state index in [0.29, 0.717) is 11.2 Å². The van der Waals surface area contributed by atoms with Gasteiger partial charge in [0.1, 0.15) is 5.82 Å². The topological polar surface area (TPSA) is 53.4 Å². The Morgan fingerprint density at radius 2 is 2.00 bits per heavy atom. The number of aromatic carboxylic acids is 1. The summed E-state index contributed by atoms with van der Waals surface area (Å²) in [4.78, 5) is 17.6. The molecular weight excluding hydrogens is 276 g/mol. The molecule has 1 aliphatic heterocycles. The van der Waals surface area contributed by atoms with Crippen LogP contribution in [0, 0.1) is 5.41 Å². The molecule has 4 nitrogen and oxygen atoms in total. The van der Waals surface area contributed by atoms with Gasteiger partial charge in [0.05, 0.1) is 10.6 Å². The first-order chi connectivity index (χ1) is 9.51. The van der Waals surface area contributed by atoms with E-state index < -0.39 is 5.97 Å². The molecule has 1 aliphatic rings. The molecule has 1 saturated heterocycles. The summed E-state index contributed by atoms with van der Waals surface area (Å²) >= 11 is 5.86. The number of halogens is 1. The van der Waals surface area contributed by atoms with E-state index >= 15 is 0 Å². The molecule has 110 valence electrons. The summed E-state index contributed by atoms with van der Waals surface area (Å²) < 4.78 is 0. The summed E-state index contributed by atoms with van der Waals surface area (Å²) in [5.74, 6) is -0.292. The van der Waals surface area contributed by atoms with E-state index in [0.717, 1.165) is 25.9 Å². The van der Waals surface area contributed by atoms with E-state index in [2.05, 4.69) is 23.7 Å². The summed E-state index contributed by atoms with van der Waals surface area (Å²) in [6.07, 6.45) is 6.10. The quantitative estimate of drug-likeness (QED) is 0.917. The smallest absolute Gasteiger partial charge is 0.337 e. The maximum absolute atomic E-state index is 11.1. The van der Waals surface area contributed by atoms with Crippen LogP contribution in [0.5, 0.6) is 0 Å². The summed E-state index contributed by atoms with van der Waals surface area (Å²) in [7, 11) is 0. The monoisotopic (exact) mass is 296 g/mol. The fraction of sp³-hybridized carbons (Fsp3) is 0.600. The standard InChI is InChI=1S/C15H21ClN2O2/c1-3-15(4-2)5-7-18(8-6-15)13-9-11(14(19)20)12(16)10-17-13/h9-10H,3-8H2,1-2H3,(H,19,20). The van der Waals surface area contributed by atoms with Gasteiger partial charge in [0.2, 0.25) is 0 Å². The lowest BCUT2D eigenvalue weighted by atomic mass is 9.74. The zero-order chi connectivity index (χ0) is 14.8. The van der Waals surface area contributed by atoms with Crippen LogP contribution in [0.4, 0.5) is 5.82 Å². The van der Waals surface area contributed by atoms with Gasteiger partial charge in [0.15, 0.2) is 0 Å². The first kappa shape index (κ1) is 15.1. The van der Waals surface area contributed by atoms with E-state index in [1.54, 1.807) is 6.07 Å². The second kappa shape index (κ2) is 6.00. The van der Waals surface area contributed by atoms with Gasteiger partial charge in [0.25, 0.3) is 0 Å². The Morgan fingerprint density at radius 1 is 1.40 bits per heavy atom. The van der Waals surface area contributed by atoms with Crippen LogP contribution in [-0.2, 0) is 0 Å². The second-order valence-corrected chi connectivity index (χ2v) is 5.93. The van der Waals surface area contributed by atoms with Crippen molar-refractivity contribution < 1.29 is 9.90 Å². The predicted molar refractivity (Wildman–Crippen MR) is 80.7 cm³/mol. The fourth-order valence-corrected chi connectivity index (χ4v) is 3.12. The lowest BCUT2D eigenvalue weighted by Gasteiger charge is -2.41. The number of nitrogens with zero attached hydrogens (tertiary/aromatic N) is 2. The molecule has 1 aromatic rings. The molecule has 0 radical (unpaired) electrons. The van der Waals surface area contributed by atoms with Gasteiger partial charge in [-0.25, -0.2) is 9.78 Å². The molecular formula is C15H21ClN2O2. The van der Waals surface area contributed by atoms with Crippen LogP contribution in [0.1, 0.15) is 49.9 Å². The van der Waals surface area contributed by atoms with Gasteiger partial charge in [-0.05, 0) is 24.3 Å². The number of carbonyl (C=O) groups is 1. The van der Waals surface area contributed by atoms with Crippen LogP contribution >= 0.6 is 11.6 Å². The van der Waals surface area contributed by atoms with Crippen LogP contribution in [-0.4, -0.2) is 29.1 Å². The number of hydrogen-bond acceptors (Lipinski definition) is 3. The number of rotatable bonds is 4. The van der Waals surface area contributed by atoms with Crippen LogP contribution in [0.2, 0.25) is 5.02 Å². The lowest BCUT2D eigenvalue weighted by molar-refractivity contribution is 0.0697. The Balaban J connectivity index is 2.15.